The summed E-state index contributed by atoms with van der Waals surface area (Å²) in [4.78, 5) is 11.5. The second-order valence-corrected chi connectivity index (χ2v) is 5.96. The first-order chi connectivity index (χ1) is 7.28. The molecule has 0 heterocycles. The second kappa shape index (κ2) is 6.82. The van der Waals surface area contributed by atoms with Gasteiger partial charge in [0, 0.05) is 13.1 Å². The smallest absolute Gasteiger partial charge is 0.237 e. The predicted octanol–water partition coefficient (Wildman–Crippen LogP) is -0.975. The van der Waals surface area contributed by atoms with E-state index < -0.39 is 16.1 Å². The minimum atomic E-state index is -3.45. The van der Waals surface area contributed by atoms with E-state index in [1.54, 1.807) is 0 Å². The van der Waals surface area contributed by atoms with Crippen LogP contribution in [-0.2, 0) is 14.8 Å². The van der Waals surface area contributed by atoms with Crippen LogP contribution in [0.15, 0.2) is 0 Å². The van der Waals surface area contributed by atoms with E-state index >= 15 is 0 Å². The van der Waals surface area contributed by atoms with Crippen LogP contribution in [0.2, 0.25) is 0 Å². The average molecular weight is 251 g/mol. The lowest BCUT2D eigenvalue weighted by Gasteiger charge is -2.14. The molecule has 1 amide bonds. The normalized spacial score (nSPS) is 13.8. The molecule has 0 aromatic rings. The number of carbonyl (C=O) groups is 1. The van der Waals surface area contributed by atoms with E-state index in [2.05, 4.69) is 10.0 Å². The lowest BCUT2D eigenvalue weighted by Crippen LogP contribution is -2.46. The van der Waals surface area contributed by atoms with Crippen LogP contribution in [0, 0.1) is 5.92 Å². The van der Waals surface area contributed by atoms with E-state index in [0.29, 0.717) is 12.5 Å². The first kappa shape index (κ1) is 15.3. The summed E-state index contributed by atoms with van der Waals surface area (Å²) in [5.41, 5.74) is 5.15. The van der Waals surface area contributed by atoms with Gasteiger partial charge in [0.25, 0.3) is 0 Å². The number of carbonyl (C=O) groups excluding carboxylic acids is 1. The third-order valence-electron chi connectivity index (χ3n) is 1.82. The van der Waals surface area contributed by atoms with Gasteiger partial charge in [-0.3, -0.25) is 4.79 Å². The molecule has 6 nitrogen and oxygen atoms in total. The molecule has 1 unspecified atom stereocenters. The fourth-order valence-corrected chi connectivity index (χ4v) is 2.07. The molecule has 0 aliphatic heterocycles. The fraction of sp³-hybridized carbons (Fsp3) is 0.889. The van der Waals surface area contributed by atoms with Gasteiger partial charge in [0.15, 0.2) is 0 Å². The molecule has 0 rings (SSSR count). The highest BCUT2D eigenvalue weighted by Crippen LogP contribution is 1.92. The van der Waals surface area contributed by atoms with Gasteiger partial charge in [0.05, 0.1) is 11.8 Å². The van der Waals surface area contributed by atoms with Gasteiger partial charge in [0.1, 0.15) is 0 Å². The molecule has 0 saturated carbocycles. The maximum atomic E-state index is 11.5. The van der Waals surface area contributed by atoms with Crippen molar-refractivity contribution in [3.8, 4) is 0 Å². The van der Waals surface area contributed by atoms with Crippen molar-refractivity contribution in [1.82, 2.24) is 10.0 Å². The molecular formula is C9H21N3O3S. The van der Waals surface area contributed by atoms with Gasteiger partial charge in [0.2, 0.25) is 15.9 Å². The van der Waals surface area contributed by atoms with Gasteiger partial charge >= 0.3 is 0 Å². The zero-order chi connectivity index (χ0) is 12.8. The quantitative estimate of drug-likeness (QED) is 0.541. The standard InChI is InChI=1S/C9H21N3O3S/c1-7(2)6-11-9(13)8(3)12-16(14,15)5-4-10/h7-8,12H,4-6,10H2,1-3H3,(H,11,13). The van der Waals surface area contributed by atoms with Crippen molar-refractivity contribution in [2.75, 3.05) is 18.8 Å². The highest BCUT2D eigenvalue weighted by atomic mass is 32.2. The molecule has 96 valence electrons. The molecule has 0 saturated heterocycles. The molecule has 0 radical (unpaired) electrons. The summed E-state index contributed by atoms with van der Waals surface area (Å²) in [7, 11) is -3.45. The molecule has 4 N–H and O–H groups in total. The highest BCUT2D eigenvalue weighted by molar-refractivity contribution is 7.89. The van der Waals surface area contributed by atoms with Crippen molar-refractivity contribution in [2.24, 2.45) is 11.7 Å². The van der Waals surface area contributed by atoms with E-state index in [1.165, 1.54) is 6.92 Å². The van der Waals surface area contributed by atoms with Crippen LogP contribution in [0.5, 0.6) is 0 Å². The molecule has 16 heavy (non-hydrogen) atoms. The van der Waals surface area contributed by atoms with Crippen LogP contribution >= 0.6 is 0 Å². The summed E-state index contributed by atoms with van der Waals surface area (Å²) in [5, 5.41) is 2.65. The minimum Gasteiger partial charge on any atom is -0.354 e. The summed E-state index contributed by atoms with van der Waals surface area (Å²) in [6.07, 6.45) is 0. The molecule has 0 aliphatic rings. The maximum absolute atomic E-state index is 11.5. The van der Waals surface area contributed by atoms with Crippen molar-refractivity contribution >= 4 is 15.9 Å². The van der Waals surface area contributed by atoms with E-state index in [4.69, 9.17) is 5.73 Å². The Hall–Kier alpha value is -0.660. The summed E-state index contributed by atoms with van der Waals surface area (Å²) < 4.78 is 24.9. The number of amides is 1. The van der Waals surface area contributed by atoms with Crippen molar-refractivity contribution in [3.05, 3.63) is 0 Å². The van der Waals surface area contributed by atoms with Crippen LogP contribution in [0.1, 0.15) is 20.8 Å². The molecule has 0 aromatic carbocycles. The second-order valence-electron chi connectivity index (χ2n) is 4.09. The van der Waals surface area contributed by atoms with Crippen molar-refractivity contribution in [2.45, 2.75) is 26.8 Å². The summed E-state index contributed by atoms with van der Waals surface area (Å²) in [6.45, 7) is 5.99. The Labute approximate surface area is 97.0 Å². The topological polar surface area (TPSA) is 101 Å². The maximum Gasteiger partial charge on any atom is 0.237 e. The van der Waals surface area contributed by atoms with Crippen LogP contribution < -0.4 is 15.8 Å². The Bertz CT molecular complexity index is 314. The number of hydrogen-bond acceptors (Lipinski definition) is 4. The van der Waals surface area contributed by atoms with Gasteiger partial charge in [-0.25, -0.2) is 13.1 Å². The highest BCUT2D eigenvalue weighted by Gasteiger charge is 2.19. The molecule has 0 aromatic heterocycles. The van der Waals surface area contributed by atoms with Crippen molar-refractivity contribution in [1.29, 1.82) is 0 Å². The van der Waals surface area contributed by atoms with E-state index in [9.17, 15) is 13.2 Å². The Morgan fingerprint density at radius 2 is 1.88 bits per heavy atom. The number of hydrogen-bond donors (Lipinski definition) is 3. The molecule has 0 bridgehead atoms. The SMILES string of the molecule is CC(C)CNC(=O)C(C)NS(=O)(=O)CCN. The van der Waals surface area contributed by atoms with E-state index in [-0.39, 0.29) is 18.2 Å². The van der Waals surface area contributed by atoms with Crippen LogP contribution in [0.3, 0.4) is 0 Å². The van der Waals surface area contributed by atoms with E-state index in [1.807, 2.05) is 13.8 Å². The zero-order valence-corrected chi connectivity index (χ0v) is 10.8. The Morgan fingerprint density at radius 3 is 2.31 bits per heavy atom. The third-order valence-corrected chi connectivity index (χ3v) is 3.31. The van der Waals surface area contributed by atoms with Gasteiger partial charge in [-0.15, -0.1) is 0 Å². The largest absolute Gasteiger partial charge is 0.354 e. The summed E-state index contributed by atoms with van der Waals surface area (Å²) in [6, 6.07) is -0.768. The Balaban J connectivity index is 4.15. The van der Waals surface area contributed by atoms with Gasteiger partial charge in [-0.05, 0) is 12.8 Å². The van der Waals surface area contributed by atoms with Gasteiger partial charge < -0.3 is 11.1 Å². The van der Waals surface area contributed by atoms with E-state index in [0.717, 1.165) is 0 Å². The van der Waals surface area contributed by atoms with Crippen molar-refractivity contribution < 1.29 is 13.2 Å². The van der Waals surface area contributed by atoms with Crippen LogP contribution in [0.4, 0.5) is 0 Å². The number of sulfonamides is 1. The number of nitrogens with two attached hydrogens (primary N) is 1. The summed E-state index contributed by atoms with van der Waals surface area (Å²) in [5.74, 6) is -0.166. The molecule has 1 atom stereocenters. The lowest BCUT2D eigenvalue weighted by atomic mass is 10.2. The lowest BCUT2D eigenvalue weighted by molar-refractivity contribution is -0.122. The first-order valence-corrected chi connectivity index (χ1v) is 6.91. The zero-order valence-electron chi connectivity index (χ0n) is 9.99. The minimum absolute atomic E-state index is 0.0374. The molecule has 0 aliphatic carbocycles. The van der Waals surface area contributed by atoms with Crippen LogP contribution in [0.25, 0.3) is 0 Å². The number of rotatable bonds is 7. The van der Waals surface area contributed by atoms with Gasteiger partial charge in [-0.1, -0.05) is 13.8 Å². The molecule has 7 heteroatoms. The summed E-state index contributed by atoms with van der Waals surface area (Å²) >= 11 is 0. The molecular weight excluding hydrogens is 230 g/mol. The third kappa shape index (κ3) is 6.76. The van der Waals surface area contributed by atoms with Gasteiger partial charge in [-0.2, -0.15) is 0 Å². The fourth-order valence-electron chi connectivity index (χ4n) is 0.995. The van der Waals surface area contributed by atoms with Crippen molar-refractivity contribution in [3.63, 3.8) is 0 Å². The first-order valence-electron chi connectivity index (χ1n) is 5.26. The Morgan fingerprint density at radius 1 is 1.31 bits per heavy atom. The molecule has 0 spiro atoms. The average Bonchev–Trinajstić information content (AvgIpc) is 2.12. The Kier molecular flexibility index (Phi) is 6.54. The monoisotopic (exact) mass is 251 g/mol. The molecule has 0 fully saturated rings. The number of nitrogens with one attached hydrogen (secondary N) is 2. The van der Waals surface area contributed by atoms with Crippen LogP contribution in [-0.4, -0.2) is 39.2 Å². The predicted molar refractivity (Wildman–Crippen MR) is 63.3 cm³/mol.